The zero-order valence-corrected chi connectivity index (χ0v) is 15.0. The Balaban J connectivity index is 2.45. The molecule has 0 saturated carbocycles. The molecule has 5 heteroatoms. The first-order valence-corrected chi connectivity index (χ1v) is 8.49. The van der Waals surface area contributed by atoms with Crippen LogP contribution in [0.15, 0.2) is 60.7 Å². The molecule has 0 saturated heterocycles. The van der Waals surface area contributed by atoms with Gasteiger partial charge in [0.15, 0.2) is 0 Å². The molecular weight excluding hydrogens is 326 g/mol. The molecule has 0 spiro atoms. The Morgan fingerprint density at radius 2 is 1.54 bits per heavy atom. The normalized spacial score (nSPS) is 13.3. The van der Waals surface area contributed by atoms with Crippen molar-refractivity contribution in [1.29, 1.82) is 5.26 Å². The smallest absolute Gasteiger partial charge is 0.240 e. The Bertz CT molecular complexity index is 758. The van der Waals surface area contributed by atoms with Gasteiger partial charge in [-0.15, -0.1) is 0 Å². The molecule has 0 fully saturated rings. The van der Waals surface area contributed by atoms with Gasteiger partial charge in [0.05, 0.1) is 11.5 Å². The Morgan fingerprint density at radius 3 is 1.92 bits per heavy atom. The second-order valence-electron chi connectivity index (χ2n) is 6.55. The number of rotatable bonds is 7. The molecule has 2 atom stereocenters. The van der Waals surface area contributed by atoms with Crippen LogP contribution in [0.5, 0.6) is 0 Å². The summed E-state index contributed by atoms with van der Waals surface area (Å²) >= 11 is 0. The number of nitrogens with one attached hydrogen (secondary N) is 1. The van der Waals surface area contributed by atoms with Gasteiger partial charge in [0, 0.05) is 6.42 Å². The van der Waals surface area contributed by atoms with E-state index in [1.54, 1.807) is 6.92 Å². The van der Waals surface area contributed by atoms with Crippen molar-refractivity contribution in [2.24, 2.45) is 11.7 Å². The van der Waals surface area contributed by atoms with E-state index in [0.717, 1.165) is 11.1 Å². The quantitative estimate of drug-likeness (QED) is 0.804. The summed E-state index contributed by atoms with van der Waals surface area (Å²) in [5.41, 5.74) is 6.09. The van der Waals surface area contributed by atoms with Crippen LogP contribution in [-0.4, -0.2) is 17.9 Å². The average Bonchev–Trinajstić information content (AvgIpc) is 2.66. The monoisotopic (exact) mass is 349 g/mol. The Labute approximate surface area is 153 Å². The molecule has 0 aliphatic carbocycles. The van der Waals surface area contributed by atoms with Gasteiger partial charge in [0.2, 0.25) is 11.8 Å². The number of hydrogen-bond acceptors (Lipinski definition) is 3. The van der Waals surface area contributed by atoms with Gasteiger partial charge in [-0.1, -0.05) is 67.6 Å². The highest BCUT2D eigenvalue weighted by Crippen LogP contribution is 2.32. The van der Waals surface area contributed by atoms with Crippen molar-refractivity contribution < 1.29 is 9.59 Å². The van der Waals surface area contributed by atoms with E-state index in [1.165, 1.54) is 0 Å². The van der Waals surface area contributed by atoms with Crippen molar-refractivity contribution in [1.82, 2.24) is 5.32 Å². The third-order valence-electron chi connectivity index (χ3n) is 4.73. The molecule has 26 heavy (non-hydrogen) atoms. The fraction of sp³-hybridized carbons (Fsp3) is 0.286. The zero-order chi connectivity index (χ0) is 19.2. The molecule has 0 aliphatic heterocycles. The number of hydrogen-bond donors (Lipinski definition) is 2. The third kappa shape index (κ3) is 3.92. The zero-order valence-electron chi connectivity index (χ0n) is 15.0. The summed E-state index contributed by atoms with van der Waals surface area (Å²) in [5.74, 6) is -1.36. The van der Waals surface area contributed by atoms with Crippen LogP contribution in [0.1, 0.15) is 31.4 Å². The summed E-state index contributed by atoms with van der Waals surface area (Å²) in [4.78, 5) is 25.1. The molecule has 0 unspecified atom stereocenters. The number of amides is 2. The van der Waals surface area contributed by atoms with Gasteiger partial charge in [-0.25, -0.2) is 0 Å². The van der Waals surface area contributed by atoms with Crippen molar-refractivity contribution in [3.8, 4) is 6.07 Å². The largest absolute Gasteiger partial charge is 0.368 e. The molecule has 2 rings (SSSR count). The molecular formula is C21H23N3O2. The fourth-order valence-electron chi connectivity index (χ4n) is 3.01. The molecule has 2 amide bonds. The first-order valence-electron chi connectivity index (χ1n) is 8.49. The summed E-state index contributed by atoms with van der Waals surface area (Å²) in [6.07, 6.45) is 0.126. The molecule has 5 nitrogen and oxygen atoms in total. The highest BCUT2D eigenvalue weighted by atomic mass is 16.2. The van der Waals surface area contributed by atoms with E-state index in [9.17, 15) is 9.59 Å². The number of benzene rings is 2. The standard InChI is InChI=1S/C21H23N3O2/c1-15(13-14-22)18(19(23)25)24-20(26)21(2,16-9-5-3-6-10-16)17-11-7-4-8-12-17/h3-12,15,18H,13H2,1-2H3,(H2,23,25)(H,24,26)/t15-,18+/m0/s1. The molecule has 0 aromatic heterocycles. The second kappa shape index (κ2) is 8.30. The van der Waals surface area contributed by atoms with Crippen molar-refractivity contribution in [2.45, 2.75) is 31.7 Å². The molecule has 2 aromatic rings. The number of nitrogens with two attached hydrogens (primary N) is 1. The van der Waals surface area contributed by atoms with Crippen molar-refractivity contribution in [3.05, 3.63) is 71.8 Å². The lowest BCUT2D eigenvalue weighted by atomic mass is 9.75. The average molecular weight is 349 g/mol. The SMILES string of the molecule is C[C@@H](CC#N)[C@@H](NC(=O)C(C)(c1ccccc1)c1ccccc1)C(N)=O. The molecule has 0 bridgehead atoms. The third-order valence-corrected chi connectivity index (χ3v) is 4.73. The highest BCUT2D eigenvalue weighted by molar-refractivity contribution is 5.95. The number of carbonyl (C=O) groups is 2. The van der Waals surface area contributed by atoms with Crippen LogP contribution >= 0.6 is 0 Å². The first-order chi connectivity index (χ1) is 12.4. The minimum Gasteiger partial charge on any atom is -0.368 e. The van der Waals surface area contributed by atoms with Gasteiger partial charge < -0.3 is 11.1 Å². The summed E-state index contributed by atoms with van der Waals surface area (Å²) in [7, 11) is 0. The van der Waals surface area contributed by atoms with E-state index in [-0.39, 0.29) is 18.2 Å². The molecule has 2 aromatic carbocycles. The number of nitriles is 1. The number of carbonyl (C=O) groups excluding carboxylic acids is 2. The maximum atomic E-state index is 13.3. The van der Waals surface area contributed by atoms with E-state index in [0.29, 0.717) is 0 Å². The Kier molecular flexibility index (Phi) is 6.13. The topological polar surface area (TPSA) is 96.0 Å². The Morgan fingerprint density at radius 1 is 1.08 bits per heavy atom. The van der Waals surface area contributed by atoms with Crippen LogP contribution < -0.4 is 11.1 Å². The Hall–Kier alpha value is -3.13. The summed E-state index contributed by atoms with van der Waals surface area (Å²) in [5, 5.41) is 11.7. The number of nitrogens with zero attached hydrogens (tertiary/aromatic N) is 1. The van der Waals surface area contributed by atoms with E-state index in [4.69, 9.17) is 11.0 Å². The van der Waals surface area contributed by atoms with E-state index in [2.05, 4.69) is 5.32 Å². The summed E-state index contributed by atoms with van der Waals surface area (Å²) in [6, 6.07) is 19.9. The van der Waals surface area contributed by atoms with Crippen LogP contribution in [0.2, 0.25) is 0 Å². The van der Waals surface area contributed by atoms with Crippen LogP contribution in [0.4, 0.5) is 0 Å². The first kappa shape index (κ1) is 19.2. The van der Waals surface area contributed by atoms with Crippen LogP contribution in [-0.2, 0) is 15.0 Å². The van der Waals surface area contributed by atoms with Gasteiger partial charge in [0.1, 0.15) is 6.04 Å². The maximum absolute atomic E-state index is 13.3. The lowest BCUT2D eigenvalue weighted by molar-refractivity contribution is -0.130. The lowest BCUT2D eigenvalue weighted by Crippen LogP contribution is -2.54. The van der Waals surface area contributed by atoms with Crippen LogP contribution in [0.3, 0.4) is 0 Å². The maximum Gasteiger partial charge on any atom is 0.240 e. The van der Waals surface area contributed by atoms with Gasteiger partial charge in [-0.05, 0) is 24.0 Å². The van der Waals surface area contributed by atoms with Gasteiger partial charge >= 0.3 is 0 Å². The number of primary amides is 1. The van der Waals surface area contributed by atoms with Gasteiger partial charge in [-0.2, -0.15) is 5.26 Å². The summed E-state index contributed by atoms with van der Waals surface area (Å²) < 4.78 is 0. The minimum absolute atomic E-state index is 0.126. The molecule has 0 heterocycles. The van der Waals surface area contributed by atoms with E-state index < -0.39 is 17.4 Å². The fourth-order valence-corrected chi connectivity index (χ4v) is 3.01. The molecule has 3 N–H and O–H groups in total. The van der Waals surface area contributed by atoms with E-state index >= 15 is 0 Å². The molecule has 0 aliphatic rings. The summed E-state index contributed by atoms with van der Waals surface area (Å²) in [6.45, 7) is 3.54. The van der Waals surface area contributed by atoms with Crippen molar-refractivity contribution in [2.75, 3.05) is 0 Å². The lowest BCUT2D eigenvalue weighted by Gasteiger charge is -2.32. The minimum atomic E-state index is -0.997. The molecule has 134 valence electrons. The molecule has 0 radical (unpaired) electrons. The highest BCUT2D eigenvalue weighted by Gasteiger charge is 2.39. The predicted molar refractivity (Wildman–Crippen MR) is 99.9 cm³/mol. The van der Waals surface area contributed by atoms with Crippen LogP contribution in [0, 0.1) is 17.2 Å². The second-order valence-corrected chi connectivity index (χ2v) is 6.55. The van der Waals surface area contributed by atoms with E-state index in [1.807, 2.05) is 73.7 Å². The predicted octanol–water partition coefficient (Wildman–Crippen LogP) is 2.51. The van der Waals surface area contributed by atoms with Crippen molar-refractivity contribution in [3.63, 3.8) is 0 Å². The van der Waals surface area contributed by atoms with Gasteiger partial charge in [0.25, 0.3) is 0 Å². The van der Waals surface area contributed by atoms with Crippen LogP contribution in [0.25, 0.3) is 0 Å². The van der Waals surface area contributed by atoms with Crippen molar-refractivity contribution >= 4 is 11.8 Å². The van der Waals surface area contributed by atoms with Gasteiger partial charge in [-0.3, -0.25) is 9.59 Å².